The van der Waals surface area contributed by atoms with Gasteiger partial charge in [0.2, 0.25) is 5.78 Å². The first kappa shape index (κ1) is 14.5. The number of rotatable bonds is 3. The van der Waals surface area contributed by atoms with Crippen LogP contribution >= 0.6 is 11.6 Å². The highest BCUT2D eigenvalue weighted by Gasteiger charge is 2.40. The fraction of sp³-hybridized carbons (Fsp3) is 0.714. The molecule has 4 nitrogen and oxygen atoms in total. The van der Waals surface area contributed by atoms with E-state index in [1.807, 2.05) is 13.8 Å². The number of halogens is 1. The van der Waals surface area contributed by atoms with Crippen molar-refractivity contribution in [3.8, 4) is 0 Å². The lowest BCUT2D eigenvalue weighted by atomic mass is 9.74. The quantitative estimate of drug-likeness (QED) is 0.867. The summed E-state index contributed by atoms with van der Waals surface area (Å²) in [6, 6.07) is 0.0936. The fourth-order valence-electron chi connectivity index (χ4n) is 2.98. The van der Waals surface area contributed by atoms with E-state index in [2.05, 4.69) is 12.0 Å². The lowest BCUT2D eigenvalue weighted by Gasteiger charge is -2.35. The van der Waals surface area contributed by atoms with Crippen molar-refractivity contribution in [3.05, 3.63) is 16.9 Å². The van der Waals surface area contributed by atoms with E-state index in [1.54, 1.807) is 4.68 Å². The molecule has 0 radical (unpaired) electrons. The third kappa shape index (κ3) is 2.70. The van der Waals surface area contributed by atoms with Crippen LogP contribution in [0.4, 0.5) is 0 Å². The van der Waals surface area contributed by atoms with Gasteiger partial charge in [-0.25, -0.2) is 0 Å². The van der Waals surface area contributed by atoms with E-state index < -0.39 is 5.54 Å². The molecule has 106 valence electrons. The molecule has 0 bridgehead atoms. The normalized spacial score (nSPS) is 27.8. The van der Waals surface area contributed by atoms with Crippen molar-refractivity contribution in [3.63, 3.8) is 0 Å². The molecule has 0 saturated heterocycles. The zero-order valence-electron chi connectivity index (χ0n) is 11.8. The second kappa shape index (κ2) is 5.25. The molecule has 2 N–H and O–H groups in total. The molecular weight excluding hydrogens is 262 g/mol. The van der Waals surface area contributed by atoms with E-state index >= 15 is 0 Å². The third-order valence-electron chi connectivity index (χ3n) is 3.94. The molecule has 19 heavy (non-hydrogen) atoms. The maximum atomic E-state index is 12.8. The van der Waals surface area contributed by atoms with Gasteiger partial charge in [-0.05, 0) is 32.6 Å². The Bertz CT molecular complexity index is 483. The largest absolute Gasteiger partial charge is 0.319 e. The number of ketones is 1. The molecule has 1 aromatic rings. The summed E-state index contributed by atoms with van der Waals surface area (Å²) in [7, 11) is 0. The summed E-state index contributed by atoms with van der Waals surface area (Å²) in [6.45, 7) is 6.11. The number of Topliss-reactive ketones (excluding diaryl/α,β-unsaturated/α-hetero) is 1. The Morgan fingerprint density at radius 3 is 2.89 bits per heavy atom. The molecule has 0 aromatic carbocycles. The van der Waals surface area contributed by atoms with Gasteiger partial charge in [-0.15, -0.1) is 0 Å². The number of nitrogens with zero attached hydrogens (tertiary/aromatic N) is 2. The highest BCUT2D eigenvalue weighted by atomic mass is 35.5. The van der Waals surface area contributed by atoms with Crippen LogP contribution in [0.25, 0.3) is 0 Å². The van der Waals surface area contributed by atoms with Crippen molar-refractivity contribution >= 4 is 17.4 Å². The smallest absolute Gasteiger partial charge is 0.202 e. The molecule has 1 aliphatic carbocycles. The summed E-state index contributed by atoms with van der Waals surface area (Å²) in [4.78, 5) is 12.8. The molecule has 2 unspecified atom stereocenters. The minimum absolute atomic E-state index is 0.0600. The van der Waals surface area contributed by atoms with Crippen LogP contribution in [0, 0.1) is 5.92 Å². The van der Waals surface area contributed by atoms with Crippen molar-refractivity contribution in [2.45, 2.75) is 58.0 Å². The standard InChI is InChI=1S/C14H22ClN3O/c1-9(2)18-12(11(15)8-17-18)13(19)14(16)6-4-5-10(3)7-14/h8-10H,4-7,16H2,1-3H3. The van der Waals surface area contributed by atoms with Crippen molar-refractivity contribution in [1.29, 1.82) is 0 Å². The molecular formula is C14H22ClN3O. The topological polar surface area (TPSA) is 60.9 Å². The monoisotopic (exact) mass is 283 g/mol. The Balaban J connectivity index is 2.36. The van der Waals surface area contributed by atoms with Gasteiger partial charge in [0, 0.05) is 6.04 Å². The number of aromatic nitrogens is 2. The molecule has 1 saturated carbocycles. The van der Waals surface area contributed by atoms with Crippen molar-refractivity contribution in [1.82, 2.24) is 9.78 Å². The van der Waals surface area contributed by atoms with Crippen molar-refractivity contribution in [2.75, 3.05) is 0 Å². The molecule has 1 fully saturated rings. The van der Waals surface area contributed by atoms with Crippen LogP contribution in [-0.4, -0.2) is 21.1 Å². The fourth-order valence-corrected chi connectivity index (χ4v) is 3.20. The number of hydrogen-bond donors (Lipinski definition) is 1. The minimum Gasteiger partial charge on any atom is -0.319 e. The molecule has 5 heteroatoms. The highest BCUT2D eigenvalue weighted by molar-refractivity contribution is 6.34. The highest BCUT2D eigenvalue weighted by Crippen LogP contribution is 2.34. The summed E-state index contributed by atoms with van der Waals surface area (Å²) in [5, 5.41) is 4.59. The van der Waals surface area contributed by atoms with Gasteiger partial charge in [0.15, 0.2) is 0 Å². The summed E-state index contributed by atoms with van der Waals surface area (Å²) < 4.78 is 1.68. The van der Waals surface area contributed by atoms with E-state index in [0.717, 1.165) is 25.7 Å². The summed E-state index contributed by atoms with van der Waals surface area (Å²) in [5.41, 5.74) is 6.06. The van der Waals surface area contributed by atoms with Gasteiger partial charge in [-0.2, -0.15) is 5.10 Å². The van der Waals surface area contributed by atoms with Crippen molar-refractivity contribution in [2.24, 2.45) is 11.7 Å². The van der Waals surface area contributed by atoms with Crippen LogP contribution in [0.15, 0.2) is 6.20 Å². The van der Waals surface area contributed by atoms with Crippen LogP contribution in [0.1, 0.15) is 63.0 Å². The van der Waals surface area contributed by atoms with E-state index in [-0.39, 0.29) is 11.8 Å². The Morgan fingerprint density at radius 1 is 1.63 bits per heavy atom. The molecule has 2 atom stereocenters. The SMILES string of the molecule is CC1CCCC(N)(C(=O)c2c(Cl)cnn2C(C)C)C1. The van der Waals surface area contributed by atoms with Gasteiger partial charge in [0.05, 0.1) is 16.8 Å². The molecule has 1 heterocycles. The van der Waals surface area contributed by atoms with E-state index in [9.17, 15) is 4.79 Å². The van der Waals surface area contributed by atoms with E-state index in [0.29, 0.717) is 16.6 Å². The Morgan fingerprint density at radius 2 is 2.32 bits per heavy atom. The molecule has 0 aliphatic heterocycles. The Labute approximate surface area is 119 Å². The van der Waals surface area contributed by atoms with Gasteiger partial charge in [-0.3, -0.25) is 9.48 Å². The maximum Gasteiger partial charge on any atom is 0.202 e. The Hall–Kier alpha value is -0.870. The zero-order valence-corrected chi connectivity index (χ0v) is 12.6. The minimum atomic E-state index is -0.784. The predicted octanol–water partition coefficient (Wildman–Crippen LogP) is 3.21. The first-order valence-corrected chi connectivity index (χ1v) is 7.29. The van der Waals surface area contributed by atoms with E-state index in [4.69, 9.17) is 17.3 Å². The first-order valence-electron chi connectivity index (χ1n) is 6.92. The number of carbonyl (C=O) groups is 1. The van der Waals surface area contributed by atoms with Crippen LogP contribution in [0.5, 0.6) is 0 Å². The zero-order chi connectivity index (χ0) is 14.2. The van der Waals surface area contributed by atoms with Crippen LogP contribution in [0.2, 0.25) is 5.02 Å². The summed E-state index contributed by atoms with van der Waals surface area (Å²) >= 11 is 6.14. The average Bonchev–Trinajstić information content (AvgIpc) is 2.69. The first-order chi connectivity index (χ1) is 8.85. The molecule has 0 amide bonds. The lowest BCUT2D eigenvalue weighted by molar-refractivity contribution is 0.0806. The van der Waals surface area contributed by atoms with Gasteiger partial charge in [0.25, 0.3) is 0 Å². The predicted molar refractivity (Wildman–Crippen MR) is 76.5 cm³/mol. The molecule has 0 spiro atoms. The Kier molecular flexibility index (Phi) is 4.02. The number of nitrogens with two attached hydrogens (primary N) is 1. The van der Waals surface area contributed by atoms with E-state index in [1.165, 1.54) is 6.20 Å². The van der Waals surface area contributed by atoms with Gasteiger partial charge >= 0.3 is 0 Å². The molecule has 1 aliphatic rings. The van der Waals surface area contributed by atoms with Gasteiger partial charge in [-0.1, -0.05) is 31.4 Å². The maximum absolute atomic E-state index is 12.8. The lowest BCUT2D eigenvalue weighted by Crippen LogP contribution is -2.51. The molecule has 2 rings (SSSR count). The van der Waals surface area contributed by atoms with Crippen molar-refractivity contribution < 1.29 is 4.79 Å². The third-order valence-corrected chi connectivity index (χ3v) is 4.22. The van der Waals surface area contributed by atoms with Crippen LogP contribution in [-0.2, 0) is 0 Å². The number of hydrogen-bond acceptors (Lipinski definition) is 3. The second-order valence-electron chi connectivity index (χ2n) is 6.07. The number of carbonyl (C=O) groups excluding carboxylic acids is 1. The van der Waals surface area contributed by atoms with Crippen LogP contribution in [0.3, 0.4) is 0 Å². The van der Waals surface area contributed by atoms with Gasteiger partial charge in [0.1, 0.15) is 5.69 Å². The van der Waals surface area contributed by atoms with Crippen LogP contribution < -0.4 is 5.73 Å². The second-order valence-corrected chi connectivity index (χ2v) is 6.47. The summed E-state index contributed by atoms with van der Waals surface area (Å²) in [6.07, 6.45) is 5.13. The summed E-state index contributed by atoms with van der Waals surface area (Å²) in [5.74, 6) is 0.423. The van der Waals surface area contributed by atoms with Gasteiger partial charge < -0.3 is 5.73 Å². The average molecular weight is 284 g/mol. The molecule has 1 aromatic heterocycles.